The van der Waals surface area contributed by atoms with Crippen molar-refractivity contribution in [2.45, 2.75) is 54.9 Å². The van der Waals surface area contributed by atoms with E-state index in [0.717, 1.165) is 6.07 Å². The fourth-order valence-electron chi connectivity index (χ4n) is 5.11. The van der Waals surface area contributed by atoms with Gasteiger partial charge in [0, 0.05) is 11.6 Å². The van der Waals surface area contributed by atoms with Gasteiger partial charge in [-0.25, -0.2) is 0 Å². The molecule has 5 rings (SSSR count). The number of hydrogen-bond acceptors (Lipinski definition) is 14. The van der Waals surface area contributed by atoms with E-state index >= 15 is 0 Å². The summed E-state index contributed by atoms with van der Waals surface area (Å²) < 4.78 is 16.9. The first kappa shape index (κ1) is 28.2. The molecule has 0 amide bonds. The molecule has 10 N–H and O–H groups in total. The van der Waals surface area contributed by atoms with Crippen LogP contribution in [0.3, 0.4) is 0 Å². The van der Waals surface area contributed by atoms with E-state index in [0.29, 0.717) is 5.56 Å². The van der Waals surface area contributed by atoms with Crippen LogP contribution in [0.2, 0.25) is 0 Å². The Bertz CT molecular complexity index is 1450. The molecule has 0 spiro atoms. The van der Waals surface area contributed by atoms with Gasteiger partial charge in [0.1, 0.15) is 83.3 Å². The average Bonchev–Trinajstić information content (AvgIpc) is 2.92. The molecule has 2 aliphatic heterocycles. The van der Waals surface area contributed by atoms with E-state index in [4.69, 9.17) is 13.9 Å². The van der Waals surface area contributed by atoms with Gasteiger partial charge in [-0.1, -0.05) is 0 Å². The highest BCUT2D eigenvalue weighted by Gasteiger charge is 2.48. The van der Waals surface area contributed by atoms with Gasteiger partial charge < -0.3 is 65.0 Å². The average molecular weight is 564 g/mol. The molecule has 2 aromatic carbocycles. The van der Waals surface area contributed by atoms with Crippen LogP contribution in [0.25, 0.3) is 22.3 Å². The normalized spacial score (nSPS) is 32.8. The van der Waals surface area contributed by atoms with Crippen LogP contribution in [-0.2, 0) is 9.47 Å². The summed E-state index contributed by atoms with van der Waals surface area (Å²) >= 11 is 0. The first-order valence-corrected chi connectivity index (χ1v) is 12.3. The van der Waals surface area contributed by atoms with Crippen molar-refractivity contribution < 1.29 is 65.0 Å². The SMILES string of the molecule is O=c1cc(-c2ccc(O)cc2)oc2c([C@@H]3O[C@H](CO)[C@H](O)[C@H](O)[C@@H]3O)c(O)c([C@@H]3OC[C@H](O)[C@@H](O)[C@@H]3O)c(O)c12. The van der Waals surface area contributed by atoms with E-state index < -0.39 is 107 Å². The van der Waals surface area contributed by atoms with Crippen LogP contribution in [0, 0.1) is 0 Å². The van der Waals surface area contributed by atoms with Gasteiger partial charge in [-0.15, -0.1) is 0 Å². The molecule has 0 aliphatic carbocycles. The van der Waals surface area contributed by atoms with Gasteiger partial charge in [0.25, 0.3) is 0 Å². The molecule has 2 aliphatic rings. The first-order chi connectivity index (χ1) is 19.0. The van der Waals surface area contributed by atoms with Crippen LogP contribution in [0.1, 0.15) is 23.3 Å². The molecule has 14 nitrogen and oxygen atoms in total. The Morgan fingerprint density at radius 1 is 0.775 bits per heavy atom. The summed E-state index contributed by atoms with van der Waals surface area (Å²) in [6, 6.07) is 6.47. The summed E-state index contributed by atoms with van der Waals surface area (Å²) in [6.45, 7) is -1.34. The maximum atomic E-state index is 13.4. The summed E-state index contributed by atoms with van der Waals surface area (Å²) in [7, 11) is 0. The number of aliphatic hydroxyl groups excluding tert-OH is 7. The van der Waals surface area contributed by atoms with Crippen molar-refractivity contribution in [2.24, 2.45) is 0 Å². The molecule has 3 heterocycles. The molecular weight excluding hydrogens is 536 g/mol. The lowest BCUT2D eigenvalue weighted by molar-refractivity contribution is -0.231. The van der Waals surface area contributed by atoms with Crippen molar-refractivity contribution in [2.75, 3.05) is 13.2 Å². The summed E-state index contributed by atoms with van der Waals surface area (Å²) in [4.78, 5) is 13.4. The quantitative estimate of drug-likeness (QED) is 0.169. The second-order valence-corrected chi connectivity index (χ2v) is 9.80. The zero-order chi connectivity index (χ0) is 29.0. The van der Waals surface area contributed by atoms with Crippen molar-refractivity contribution in [3.05, 3.63) is 51.7 Å². The second kappa shape index (κ2) is 10.6. The second-order valence-electron chi connectivity index (χ2n) is 9.80. The third-order valence-corrected chi connectivity index (χ3v) is 7.31. The fraction of sp³-hybridized carbons (Fsp3) is 0.423. The van der Waals surface area contributed by atoms with Crippen molar-refractivity contribution >= 4 is 11.0 Å². The molecule has 0 radical (unpaired) electrons. The first-order valence-electron chi connectivity index (χ1n) is 12.3. The molecule has 2 saturated heterocycles. The Kier molecular flexibility index (Phi) is 7.47. The monoisotopic (exact) mass is 564 g/mol. The van der Waals surface area contributed by atoms with Crippen LogP contribution in [-0.4, -0.2) is 107 Å². The third-order valence-electron chi connectivity index (χ3n) is 7.31. The fourth-order valence-corrected chi connectivity index (χ4v) is 5.11. The van der Waals surface area contributed by atoms with Crippen LogP contribution in [0.4, 0.5) is 0 Å². The molecule has 40 heavy (non-hydrogen) atoms. The summed E-state index contributed by atoms with van der Waals surface area (Å²) in [5.74, 6) is -2.00. The van der Waals surface area contributed by atoms with E-state index in [1.54, 1.807) is 0 Å². The van der Waals surface area contributed by atoms with Gasteiger partial charge in [-0.2, -0.15) is 0 Å². The molecule has 1 aromatic heterocycles. The minimum Gasteiger partial charge on any atom is -0.508 e. The minimum atomic E-state index is -1.96. The lowest BCUT2D eigenvalue weighted by Crippen LogP contribution is -2.55. The van der Waals surface area contributed by atoms with Gasteiger partial charge in [0.2, 0.25) is 0 Å². The summed E-state index contributed by atoms with van der Waals surface area (Å²) in [5.41, 5.74) is -2.19. The van der Waals surface area contributed by atoms with E-state index in [-0.39, 0.29) is 11.5 Å². The molecule has 2 fully saturated rings. The Morgan fingerprint density at radius 2 is 1.43 bits per heavy atom. The predicted octanol–water partition coefficient (Wildman–Crippen LogP) is -1.75. The molecule has 0 saturated carbocycles. The molecular formula is C26H28O14. The molecule has 0 unspecified atom stereocenters. The number of phenols is 3. The van der Waals surface area contributed by atoms with Gasteiger partial charge in [-0.3, -0.25) is 4.79 Å². The van der Waals surface area contributed by atoms with Gasteiger partial charge in [-0.05, 0) is 24.3 Å². The van der Waals surface area contributed by atoms with Gasteiger partial charge in [0.05, 0.1) is 24.3 Å². The smallest absolute Gasteiger partial charge is 0.197 e. The number of rotatable bonds is 4. The lowest BCUT2D eigenvalue weighted by atomic mass is 9.85. The third kappa shape index (κ3) is 4.49. The Morgan fingerprint density at radius 3 is 2.08 bits per heavy atom. The predicted molar refractivity (Wildman–Crippen MR) is 132 cm³/mol. The van der Waals surface area contributed by atoms with Gasteiger partial charge >= 0.3 is 0 Å². The maximum absolute atomic E-state index is 13.4. The largest absolute Gasteiger partial charge is 0.508 e. The number of aliphatic hydroxyl groups is 7. The van der Waals surface area contributed by atoms with E-state index in [2.05, 4.69) is 0 Å². The topological polar surface area (TPSA) is 251 Å². The molecule has 9 atom stereocenters. The molecule has 3 aromatic rings. The van der Waals surface area contributed by atoms with Crippen LogP contribution < -0.4 is 5.43 Å². The zero-order valence-corrected chi connectivity index (χ0v) is 20.6. The zero-order valence-electron chi connectivity index (χ0n) is 20.6. The number of benzene rings is 2. The van der Waals surface area contributed by atoms with Crippen molar-refractivity contribution in [3.8, 4) is 28.6 Å². The van der Waals surface area contributed by atoms with Crippen LogP contribution >= 0.6 is 0 Å². The maximum Gasteiger partial charge on any atom is 0.197 e. The number of ether oxygens (including phenoxy) is 2. The van der Waals surface area contributed by atoms with Crippen molar-refractivity contribution in [3.63, 3.8) is 0 Å². The van der Waals surface area contributed by atoms with E-state index in [9.17, 15) is 55.9 Å². The highest BCUT2D eigenvalue weighted by molar-refractivity contribution is 5.92. The molecule has 14 heteroatoms. The molecule has 0 bridgehead atoms. The van der Waals surface area contributed by atoms with Gasteiger partial charge in [0.15, 0.2) is 11.0 Å². The minimum absolute atomic E-state index is 0.0767. The summed E-state index contributed by atoms with van der Waals surface area (Å²) in [5, 5.41) is 104. The number of aromatic hydroxyl groups is 3. The van der Waals surface area contributed by atoms with E-state index in [1.807, 2.05) is 0 Å². The highest BCUT2D eigenvalue weighted by atomic mass is 16.5. The highest BCUT2D eigenvalue weighted by Crippen LogP contribution is 2.50. The van der Waals surface area contributed by atoms with Crippen molar-refractivity contribution in [1.82, 2.24) is 0 Å². The van der Waals surface area contributed by atoms with E-state index in [1.165, 1.54) is 24.3 Å². The van der Waals surface area contributed by atoms with Crippen LogP contribution in [0.15, 0.2) is 39.5 Å². The Labute approximate surface area is 224 Å². The van der Waals surface area contributed by atoms with Crippen molar-refractivity contribution in [1.29, 1.82) is 0 Å². The number of phenolic OH excluding ortho intramolecular Hbond substituents is 3. The lowest BCUT2D eigenvalue weighted by Gasteiger charge is -2.41. The number of hydrogen-bond donors (Lipinski definition) is 10. The van der Waals surface area contributed by atoms with Crippen LogP contribution in [0.5, 0.6) is 17.2 Å². The standard InChI is InChI=1S/C26H28O14/c27-6-13-18(32)21(35)23(37)26(40-13)16-20(34)15(25-22(36)17(31)11(30)7-38-25)19(33)14-10(29)5-12(39-24(14)16)8-1-3-9(28)4-2-8/h1-5,11,13,17-18,21-23,25-28,30-37H,6-7H2/t11-,13+,17+,18-,21-,22-,23-,25-,26-/m0/s1. The summed E-state index contributed by atoms with van der Waals surface area (Å²) in [6.07, 6.45) is -15.7. The molecule has 216 valence electrons. The Hall–Kier alpha value is -3.31. The Balaban J connectivity index is 1.81. The number of fused-ring (bicyclic) bond motifs is 1.